The molecule has 0 heterocycles. The van der Waals surface area contributed by atoms with Gasteiger partial charge < -0.3 is 4.74 Å². The zero-order valence-corrected chi connectivity index (χ0v) is 10.9. The average molecular weight is 255 g/mol. The Morgan fingerprint density at radius 3 is 2.53 bits per heavy atom. The summed E-state index contributed by atoms with van der Waals surface area (Å²) in [6.07, 6.45) is 3.18. The summed E-state index contributed by atoms with van der Waals surface area (Å²) in [6.45, 7) is 0.451. The summed E-state index contributed by atoms with van der Waals surface area (Å²) in [5.41, 5.74) is 1.02. The number of para-hydroxylation sites is 1. The van der Waals surface area contributed by atoms with Crippen molar-refractivity contribution >= 4 is 10.0 Å². The minimum Gasteiger partial charge on any atom is -0.496 e. The van der Waals surface area contributed by atoms with Crippen molar-refractivity contribution in [1.29, 1.82) is 0 Å². The van der Waals surface area contributed by atoms with E-state index in [1.165, 1.54) is 6.26 Å². The Morgan fingerprint density at radius 1 is 1.35 bits per heavy atom. The van der Waals surface area contributed by atoms with Gasteiger partial charge in [0, 0.05) is 17.5 Å². The number of rotatable bonds is 5. The van der Waals surface area contributed by atoms with Crippen LogP contribution in [0.2, 0.25) is 0 Å². The van der Waals surface area contributed by atoms with Crippen molar-refractivity contribution in [3.63, 3.8) is 0 Å². The molecule has 0 bridgehead atoms. The lowest BCUT2D eigenvalue weighted by Crippen LogP contribution is -2.31. The third kappa shape index (κ3) is 2.79. The Bertz CT molecular complexity index is 506. The largest absolute Gasteiger partial charge is 0.496 e. The van der Waals surface area contributed by atoms with Crippen LogP contribution < -0.4 is 9.46 Å². The van der Waals surface area contributed by atoms with Crippen molar-refractivity contribution in [3.8, 4) is 5.75 Å². The van der Waals surface area contributed by atoms with Crippen LogP contribution in [0.4, 0.5) is 0 Å². The van der Waals surface area contributed by atoms with E-state index in [2.05, 4.69) is 4.72 Å². The van der Waals surface area contributed by atoms with Crippen molar-refractivity contribution in [1.82, 2.24) is 4.72 Å². The second-order valence-corrected chi connectivity index (χ2v) is 6.41. The summed E-state index contributed by atoms with van der Waals surface area (Å²) in [6, 6.07) is 7.80. The van der Waals surface area contributed by atoms with E-state index in [0.29, 0.717) is 6.54 Å². The molecule has 0 radical (unpaired) electrons. The van der Waals surface area contributed by atoms with Gasteiger partial charge in [0.15, 0.2) is 0 Å². The summed E-state index contributed by atoms with van der Waals surface area (Å²) in [5.74, 6) is 0.834. The van der Waals surface area contributed by atoms with Gasteiger partial charge in [-0.1, -0.05) is 18.2 Å². The van der Waals surface area contributed by atoms with Gasteiger partial charge in [0.25, 0.3) is 0 Å². The highest BCUT2D eigenvalue weighted by atomic mass is 32.2. The Morgan fingerprint density at radius 2 is 2.00 bits per heavy atom. The third-order valence-electron chi connectivity index (χ3n) is 3.20. The van der Waals surface area contributed by atoms with Crippen LogP contribution in [-0.4, -0.2) is 28.3 Å². The van der Waals surface area contributed by atoms with E-state index in [4.69, 9.17) is 4.74 Å². The smallest absolute Gasteiger partial charge is 0.208 e. The minimum absolute atomic E-state index is 0.0737. The van der Waals surface area contributed by atoms with Crippen LogP contribution in [-0.2, 0) is 15.4 Å². The van der Waals surface area contributed by atoms with E-state index in [9.17, 15) is 8.42 Å². The molecule has 17 heavy (non-hydrogen) atoms. The Kier molecular flexibility index (Phi) is 3.14. The molecule has 0 spiro atoms. The first-order chi connectivity index (χ1) is 7.97. The molecule has 0 unspecified atom stereocenters. The van der Waals surface area contributed by atoms with Gasteiger partial charge in [-0.2, -0.15) is 0 Å². The normalized spacial score (nSPS) is 17.8. The lowest BCUT2D eigenvalue weighted by molar-refractivity contribution is 0.403. The van der Waals surface area contributed by atoms with Crippen molar-refractivity contribution in [2.45, 2.75) is 18.3 Å². The number of sulfonamides is 1. The molecule has 1 fully saturated rings. The van der Waals surface area contributed by atoms with E-state index in [-0.39, 0.29) is 5.41 Å². The highest BCUT2D eigenvalue weighted by Crippen LogP contribution is 2.50. The summed E-state index contributed by atoms with van der Waals surface area (Å²) in [4.78, 5) is 0. The van der Waals surface area contributed by atoms with Crippen LogP contribution in [0.1, 0.15) is 18.4 Å². The fourth-order valence-corrected chi connectivity index (χ4v) is 2.58. The van der Waals surface area contributed by atoms with Crippen molar-refractivity contribution in [3.05, 3.63) is 29.8 Å². The predicted molar refractivity (Wildman–Crippen MR) is 66.8 cm³/mol. The SMILES string of the molecule is COc1ccccc1C1(CNS(C)(=O)=O)CC1. The fraction of sp³-hybridized carbons (Fsp3) is 0.500. The first-order valence-electron chi connectivity index (χ1n) is 5.55. The highest BCUT2D eigenvalue weighted by molar-refractivity contribution is 7.88. The molecular weight excluding hydrogens is 238 g/mol. The van der Waals surface area contributed by atoms with Gasteiger partial charge in [-0.05, 0) is 18.9 Å². The minimum atomic E-state index is -3.14. The molecule has 2 rings (SSSR count). The molecule has 1 N–H and O–H groups in total. The maximum atomic E-state index is 11.1. The van der Waals surface area contributed by atoms with Crippen LogP contribution in [0.5, 0.6) is 5.75 Å². The molecule has 1 saturated carbocycles. The van der Waals surface area contributed by atoms with Crippen LogP contribution in [0.3, 0.4) is 0 Å². The van der Waals surface area contributed by atoms with E-state index in [1.54, 1.807) is 7.11 Å². The van der Waals surface area contributed by atoms with Gasteiger partial charge in [-0.25, -0.2) is 13.1 Å². The van der Waals surface area contributed by atoms with Crippen LogP contribution in [0.25, 0.3) is 0 Å². The maximum absolute atomic E-state index is 11.1. The molecule has 0 aromatic heterocycles. The van der Waals surface area contributed by atoms with Gasteiger partial charge in [-0.15, -0.1) is 0 Å². The standard InChI is InChI=1S/C12H17NO3S/c1-16-11-6-4-3-5-10(11)12(7-8-12)9-13-17(2,14)15/h3-6,13H,7-9H2,1-2H3. The van der Waals surface area contributed by atoms with E-state index in [1.807, 2.05) is 24.3 Å². The van der Waals surface area contributed by atoms with Crippen molar-refractivity contribution in [2.75, 3.05) is 19.9 Å². The van der Waals surface area contributed by atoms with Gasteiger partial charge in [0.1, 0.15) is 5.75 Å². The van der Waals surface area contributed by atoms with E-state index < -0.39 is 10.0 Å². The zero-order valence-electron chi connectivity index (χ0n) is 10.1. The summed E-state index contributed by atoms with van der Waals surface area (Å²) < 4.78 is 30.2. The Labute approximate surface area is 102 Å². The quantitative estimate of drug-likeness (QED) is 0.862. The molecule has 1 aromatic carbocycles. The van der Waals surface area contributed by atoms with Gasteiger partial charge in [0.05, 0.1) is 13.4 Å². The molecule has 1 aromatic rings. The molecule has 0 saturated heterocycles. The number of hydrogen-bond donors (Lipinski definition) is 1. The van der Waals surface area contributed by atoms with Crippen molar-refractivity contribution < 1.29 is 13.2 Å². The van der Waals surface area contributed by atoms with E-state index >= 15 is 0 Å². The average Bonchev–Trinajstić information content (AvgIpc) is 3.07. The Hall–Kier alpha value is -1.07. The number of ether oxygens (including phenoxy) is 1. The Balaban J connectivity index is 2.21. The molecule has 5 heteroatoms. The molecule has 0 amide bonds. The summed E-state index contributed by atoms with van der Waals surface area (Å²) in [5, 5.41) is 0. The molecule has 1 aliphatic rings. The number of methoxy groups -OCH3 is 1. The van der Waals surface area contributed by atoms with Crippen LogP contribution in [0.15, 0.2) is 24.3 Å². The maximum Gasteiger partial charge on any atom is 0.208 e. The monoisotopic (exact) mass is 255 g/mol. The topological polar surface area (TPSA) is 55.4 Å². The molecule has 1 aliphatic carbocycles. The first-order valence-corrected chi connectivity index (χ1v) is 7.44. The lowest BCUT2D eigenvalue weighted by atomic mass is 9.95. The predicted octanol–water partition coefficient (Wildman–Crippen LogP) is 1.28. The number of nitrogens with one attached hydrogen (secondary N) is 1. The van der Waals surface area contributed by atoms with E-state index in [0.717, 1.165) is 24.2 Å². The summed E-state index contributed by atoms with van der Waals surface area (Å²) in [7, 11) is -1.50. The van der Waals surface area contributed by atoms with Gasteiger partial charge in [0.2, 0.25) is 10.0 Å². The fourth-order valence-electron chi connectivity index (χ4n) is 2.04. The van der Waals surface area contributed by atoms with Gasteiger partial charge in [-0.3, -0.25) is 0 Å². The molecule has 94 valence electrons. The number of hydrogen-bond acceptors (Lipinski definition) is 3. The molecular formula is C12H17NO3S. The number of benzene rings is 1. The zero-order chi connectivity index (χ0) is 12.5. The second-order valence-electron chi connectivity index (χ2n) is 4.57. The van der Waals surface area contributed by atoms with Crippen LogP contribution in [0, 0.1) is 0 Å². The molecule has 4 nitrogen and oxygen atoms in total. The van der Waals surface area contributed by atoms with Crippen LogP contribution >= 0.6 is 0 Å². The van der Waals surface area contributed by atoms with Crippen molar-refractivity contribution in [2.24, 2.45) is 0 Å². The highest BCUT2D eigenvalue weighted by Gasteiger charge is 2.46. The second kappa shape index (κ2) is 4.31. The van der Waals surface area contributed by atoms with Gasteiger partial charge >= 0.3 is 0 Å². The molecule has 0 atom stereocenters. The lowest BCUT2D eigenvalue weighted by Gasteiger charge is -2.18. The third-order valence-corrected chi connectivity index (χ3v) is 3.87. The molecule has 0 aliphatic heterocycles. The summed E-state index contributed by atoms with van der Waals surface area (Å²) >= 11 is 0. The first kappa shape index (κ1) is 12.4.